The SMILES string of the molecule is COc1ccc(/C=N/NC(=O)COc2ccc3ccccc3c2Br)cc1OC. The van der Waals surface area contributed by atoms with Crippen LogP contribution in [0.5, 0.6) is 17.2 Å². The highest BCUT2D eigenvalue weighted by atomic mass is 79.9. The van der Waals surface area contributed by atoms with Crippen molar-refractivity contribution in [2.75, 3.05) is 20.8 Å². The molecule has 0 atom stereocenters. The second-order valence-corrected chi connectivity index (χ2v) is 6.59. The summed E-state index contributed by atoms with van der Waals surface area (Å²) in [6.07, 6.45) is 1.52. The molecule has 0 unspecified atom stereocenters. The van der Waals surface area contributed by atoms with Crippen LogP contribution >= 0.6 is 15.9 Å². The summed E-state index contributed by atoms with van der Waals surface area (Å²) in [6.45, 7) is -0.153. The smallest absolute Gasteiger partial charge is 0.277 e. The van der Waals surface area contributed by atoms with Crippen LogP contribution in [0.25, 0.3) is 10.8 Å². The largest absolute Gasteiger partial charge is 0.493 e. The lowest BCUT2D eigenvalue weighted by atomic mass is 10.1. The molecule has 28 heavy (non-hydrogen) atoms. The summed E-state index contributed by atoms with van der Waals surface area (Å²) >= 11 is 3.53. The number of hydrogen-bond donors (Lipinski definition) is 1. The van der Waals surface area contributed by atoms with Crippen LogP contribution in [-0.2, 0) is 4.79 Å². The molecule has 1 N–H and O–H groups in total. The molecule has 144 valence electrons. The van der Waals surface area contributed by atoms with Gasteiger partial charge < -0.3 is 14.2 Å². The molecule has 0 saturated heterocycles. The van der Waals surface area contributed by atoms with Crippen molar-refractivity contribution in [1.82, 2.24) is 5.43 Å². The predicted octanol–water partition coefficient (Wildman–Crippen LogP) is 4.15. The quantitative estimate of drug-likeness (QED) is 0.440. The van der Waals surface area contributed by atoms with Gasteiger partial charge in [-0.05, 0) is 56.5 Å². The van der Waals surface area contributed by atoms with E-state index in [4.69, 9.17) is 14.2 Å². The summed E-state index contributed by atoms with van der Waals surface area (Å²) in [5.41, 5.74) is 3.20. The van der Waals surface area contributed by atoms with Gasteiger partial charge in [-0.3, -0.25) is 4.79 Å². The molecule has 6 nitrogen and oxygen atoms in total. The second-order valence-electron chi connectivity index (χ2n) is 5.80. The highest BCUT2D eigenvalue weighted by Gasteiger charge is 2.08. The van der Waals surface area contributed by atoms with Crippen LogP contribution < -0.4 is 19.6 Å². The number of benzene rings is 3. The van der Waals surface area contributed by atoms with Gasteiger partial charge in [-0.15, -0.1) is 0 Å². The minimum Gasteiger partial charge on any atom is -0.493 e. The van der Waals surface area contributed by atoms with Gasteiger partial charge in [-0.1, -0.05) is 30.3 Å². The first-order chi connectivity index (χ1) is 13.6. The van der Waals surface area contributed by atoms with Gasteiger partial charge in [0, 0.05) is 0 Å². The maximum atomic E-state index is 12.0. The molecule has 7 heteroatoms. The van der Waals surface area contributed by atoms with Gasteiger partial charge in [0.2, 0.25) is 0 Å². The number of amides is 1. The van der Waals surface area contributed by atoms with Gasteiger partial charge >= 0.3 is 0 Å². The molecule has 0 radical (unpaired) electrons. The Morgan fingerprint density at radius 3 is 2.57 bits per heavy atom. The third-order valence-corrected chi connectivity index (χ3v) is 4.82. The molecule has 3 aromatic rings. The van der Waals surface area contributed by atoms with Crippen LogP contribution in [0.3, 0.4) is 0 Å². The first-order valence-corrected chi connectivity index (χ1v) is 9.25. The lowest BCUT2D eigenvalue weighted by Gasteiger charge is -2.09. The van der Waals surface area contributed by atoms with E-state index in [1.54, 1.807) is 32.4 Å². The van der Waals surface area contributed by atoms with Crippen molar-refractivity contribution in [3.05, 3.63) is 64.6 Å². The maximum Gasteiger partial charge on any atom is 0.277 e. The van der Waals surface area contributed by atoms with Crippen LogP contribution in [0.2, 0.25) is 0 Å². The van der Waals surface area contributed by atoms with Gasteiger partial charge in [-0.2, -0.15) is 5.10 Å². The van der Waals surface area contributed by atoms with Gasteiger partial charge in [0.15, 0.2) is 18.1 Å². The van der Waals surface area contributed by atoms with Crippen molar-refractivity contribution in [3.8, 4) is 17.2 Å². The third-order valence-electron chi connectivity index (χ3n) is 4.00. The fourth-order valence-electron chi connectivity index (χ4n) is 2.61. The zero-order chi connectivity index (χ0) is 19.9. The zero-order valence-corrected chi connectivity index (χ0v) is 17.0. The Morgan fingerprint density at radius 2 is 1.79 bits per heavy atom. The lowest BCUT2D eigenvalue weighted by molar-refractivity contribution is -0.123. The molecule has 0 heterocycles. The number of fused-ring (bicyclic) bond motifs is 1. The first kappa shape index (κ1) is 19.7. The standard InChI is InChI=1S/C21H19BrN2O4/c1-26-17-9-7-14(11-19(17)27-2)12-23-24-20(25)13-28-18-10-8-15-5-3-4-6-16(15)21(18)22/h3-12H,13H2,1-2H3,(H,24,25)/b23-12+. The number of hydrogen-bond acceptors (Lipinski definition) is 5. The molecule has 1 amide bonds. The molecule has 0 saturated carbocycles. The van der Waals surface area contributed by atoms with Crippen molar-refractivity contribution in [2.24, 2.45) is 5.10 Å². The Morgan fingerprint density at radius 1 is 1.04 bits per heavy atom. The van der Waals surface area contributed by atoms with Crippen LogP contribution in [-0.4, -0.2) is 32.9 Å². The van der Waals surface area contributed by atoms with Gasteiger partial charge in [0.25, 0.3) is 5.91 Å². The molecule has 0 aliphatic carbocycles. The number of hydrazone groups is 1. The highest BCUT2D eigenvalue weighted by Crippen LogP contribution is 2.33. The highest BCUT2D eigenvalue weighted by molar-refractivity contribution is 9.10. The van der Waals surface area contributed by atoms with E-state index in [0.717, 1.165) is 20.8 Å². The number of methoxy groups -OCH3 is 2. The van der Waals surface area contributed by atoms with Gasteiger partial charge in [-0.25, -0.2) is 5.43 Å². The maximum absolute atomic E-state index is 12.0. The van der Waals surface area contributed by atoms with E-state index in [1.165, 1.54) is 6.21 Å². The van der Waals surface area contributed by atoms with Crippen molar-refractivity contribution >= 4 is 38.8 Å². The first-order valence-electron chi connectivity index (χ1n) is 8.46. The number of rotatable bonds is 7. The van der Waals surface area contributed by atoms with Gasteiger partial charge in [0.05, 0.1) is 24.9 Å². The van der Waals surface area contributed by atoms with Crippen molar-refractivity contribution in [3.63, 3.8) is 0 Å². The molecule has 0 fully saturated rings. The molecule has 3 aromatic carbocycles. The van der Waals surface area contributed by atoms with Crippen molar-refractivity contribution in [2.45, 2.75) is 0 Å². The van der Waals surface area contributed by atoms with Gasteiger partial charge in [0.1, 0.15) is 5.75 Å². The Labute approximate surface area is 171 Å². The summed E-state index contributed by atoms with van der Waals surface area (Å²) in [4.78, 5) is 12.0. The lowest BCUT2D eigenvalue weighted by Crippen LogP contribution is -2.24. The zero-order valence-electron chi connectivity index (χ0n) is 15.4. The number of halogens is 1. The summed E-state index contributed by atoms with van der Waals surface area (Å²) in [7, 11) is 3.13. The average molecular weight is 443 g/mol. The Kier molecular flexibility index (Phi) is 6.49. The van der Waals surface area contributed by atoms with E-state index in [0.29, 0.717) is 17.2 Å². The minimum atomic E-state index is -0.364. The molecule has 0 aromatic heterocycles. The summed E-state index contributed by atoms with van der Waals surface area (Å²) in [5, 5.41) is 6.05. The average Bonchev–Trinajstić information content (AvgIpc) is 2.73. The fraction of sp³-hybridized carbons (Fsp3) is 0.143. The molecule has 3 rings (SSSR count). The summed E-state index contributed by atoms with van der Waals surface area (Å²) < 4.78 is 16.8. The Bertz CT molecular complexity index is 1020. The number of carbonyl (C=O) groups excluding carboxylic acids is 1. The molecule has 0 bridgehead atoms. The third kappa shape index (κ3) is 4.61. The molecular formula is C21H19BrN2O4. The number of ether oxygens (including phenoxy) is 3. The van der Waals surface area contributed by atoms with Crippen LogP contribution in [0.4, 0.5) is 0 Å². The van der Waals surface area contributed by atoms with E-state index in [-0.39, 0.29) is 12.5 Å². The van der Waals surface area contributed by atoms with E-state index in [9.17, 15) is 4.79 Å². The molecular weight excluding hydrogens is 424 g/mol. The van der Waals surface area contributed by atoms with E-state index in [2.05, 4.69) is 26.5 Å². The summed E-state index contributed by atoms with van der Waals surface area (Å²) in [6, 6.07) is 17.0. The Balaban J connectivity index is 1.58. The van der Waals surface area contributed by atoms with Crippen LogP contribution in [0, 0.1) is 0 Å². The van der Waals surface area contributed by atoms with Crippen molar-refractivity contribution < 1.29 is 19.0 Å². The molecule has 0 aliphatic rings. The predicted molar refractivity (Wildman–Crippen MR) is 112 cm³/mol. The van der Waals surface area contributed by atoms with E-state index in [1.807, 2.05) is 36.4 Å². The monoisotopic (exact) mass is 442 g/mol. The van der Waals surface area contributed by atoms with Crippen molar-refractivity contribution in [1.29, 1.82) is 0 Å². The molecule has 0 spiro atoms. The van der Waals surface area contributed by atoms with E-state index >= 15 is 0 Å². The van der Waals surface area contributed by atoms with Crippen LogP contribution in [0.1, 0.15) is 5.56 Å². The number of carbonyl (C=O) groups is 1. The number of nitrogens with zero attached hydrogens (tertiary/aromatic N) is 1. The second kappa shape index (κ2) is 9.23. The minimum absolute atomic E-state index is 0.153. The normalized spacial score (nSPS) is 10.8. The number of nitrogens with one attached hydrogen (secondary N) is 1. The van der Waals surface area contributed by atoms with Crippen LogP contribution in [0.15, 0.2) is 64.2 Å². The summed E-state index contributed by atoms with van der Waals surface area (Å²) in [5.74, 6) is 1.44. The Hall–Kier alpha value is -3.06. The molecule has 0 aliphatic heterocycles. The fourth-order valence-corrected chi connectivity index (χ4v) is 3.22. The van der Waals surface area contributed by atoms with E-state index < -0.39 is 0 Å². The topological polar surface area (TPSA) is 69.2 Å².